The number of likely N-dealkylation sites (N-methyl/N-ethyl adjacent to an activating group) is 1. The number of nitrogens with zero attached hydrogens (tertiary/aromatic N) is 5. The Morgan fingerprint density at radius 2 is 2.00 bits per heavy atom. The zero-order chi connectivity index (χ0) is 25.2. The molecular formula is C27H35N7OS. The van der Waals surface area contributed by atoms with Gasteiger partial charge in [-0.25, -0.2) is 19.7 Å². The summed E-state index contributed by atoms with van der Waals surface area (Å²) in [6.45, 7) is 5.36. The van der Waals surface area contributed by atoms with E-state index in [1.165, 1.54) is 18.5 Å². The fraction of sp³-hybridized carbons (Fsp3) is 0.481. The summed E-state index contributed by atoms with van der Waals surface area (Å²) in [4.78, 5) is 31.6. The van der Waals surface area contributed by atoms with Crippen LogP contribution < -0.4 is 10.6 Å². The molecule has 5 rings (SSSR count). The molecule has 3 heterocycles. The van der Waals surface area contributed by atoms with Crippen molar-refractivity contribution in [3.8, 4) is 0 Å². The zero-order valence-corrected chi connectivity index (χ0v) is 22.3. The fourth-order valence-corrected chi connectivity index (χ4v) is 5.58. The molecule has 1 aliphatic carbocycles. The molecule has 190 valence electrons. The predicted octanol–water partition coefficient (Wildman–Crippen LogP) is 4.74. The van der Waals surface area contributed by atoms with Crippen molar-refractivity contribution in [3.63, 3.8) is 0 Å². The third-order valence-electron chi connectivity index (χ3n) is 6.88. The van der Waals surface area contributed by atoms with Crippen molar-refractivity contribution in [1.82, 2.24) is 30.1 Å². The van der Waals surface area contributed by atoms with E-state index in [1.807, 2.05) is 43.4 Å². The lowest BCUT2D eigenvalue weighted by Gasteiger charge is -2.35. The number of aromatic nitrogens is 3. The molecular weight excluding hydrogens is 470 g/mol. The monoisotopic (exact) mass is 505 g/mol. The molecule has 2 aliphatic rings. The van der Waals surface area contributed by atoms with Gasteiger partial charge < -0.3 is 20.4 Å². The van der Waals surface area contributed by atoms with Crippen LogP contribution in [-0.2, 0) is 13.0 Å². The first kappa shape index (κ1) is 24.6. The molecule has 8 nitrogen and oxygen atoms in total. The van der Waals surface area contributed by atoms with Crippen LogP contribution in [0.2, 0.25) is 0 Å². The molecule has 3 atom stereocenters. The van der Waals surface area contributed by atoms with Crippen molar-refractivity contribution >= 4 is 23.3 Å². The first-order chi connectivity index (χ1) is 17.4. The minimum atomic E-state index is -0.0930. The second-order valence-electron chi connectivity index (χ2n) is 10.3. The first-order valence-corrected chi connectivity index (χ1v) is 13.6. The summed E-state index contributed by atoms with van der Waals surface area (Å²) >= 11 is 1.69. The second kappa shape index (κ2) is 10.5. The number of urea groups is 1. The average Bonchev–Trinajstić information content (AvgIpc) is 3.59. The SMILES string of the molecule is C[C@@H]1Cc2cnc(N[C@H](C)c3nc(C4CC4)cs3)nc2CN1C(=O)N[C@H](CN(C)C)c1ccccc1. The number of hydrogen-bond acceptors (Lipinski definition) is 7. The highest BCUT2D eigenvalue weighted by molar-refractivity contribution is 7.09. The van der Waals surface area contributed by atoms with E-state index in [-0.39, 0.29) is 24.2 Å². The maximum atomic E-state index is 13.4. The summed E-state index contributed by atoms with van der Waals surface area (Å²) in [6.07, 6.45) is 5.14. The molecule has 2 amide bonds. The van der Waals surface area contributed by atoms with E-state index in [0.29, 0.717) is 18.4 Å². The van der Waals surface area contributed by atoms with Gasteiger partial charge in [0.2, 0.25) is 5.95 Å². The average molecular weight is 506 g/mol. The molecule has 1 saturated carbocycles. The number of benzene rings is 1. The Bertz CT molecular complexity index is 1190. The molecule has 2 N–H and O–H groups in total. The van der Waals surface area contributed by atoms with Gasteiger partial charge in [-0.2, -0.15) is 0 Å². The number of hydrogen-bond donors (Lipinski definition) is 2. The van der Waals surface area contributed by atoms with E-state index >= 15 is 0 Å². The fourth-order valence-electron chi connectivity index (χ4n) is 4.68. The molecule has 36 heavy (non-hydrogen) atoms. The molecule has 0 radical (unpaired) electrons. The Hall–Kier alpha value is -3.04. The standard InChI is InChI=1S/C27H35N7OS/c1-17-12-21-13-28-26(29-18(2)25-30-24(16-36-25)20-10-11-20)31-23(21)15-34(17)27(35)32-22(14-33(3)4)19-8-6-5-7-9-19/h5-9,13,16-18,20,22H,10-12,14-15H2,1-4H3,(H,32,35)(H,28,29,31)/t17-,18-,22-/m1/s1. The van der Waals surface area contributed by atoms with Gasteiger partial charge in [-0.1, -0.05) is 30.3 Å². The molecule has 1 fully saturated rings. The molecule has 0 unspecified atom stereocenters. The highest BCUT2D eigenvalue weighted by atomic mass is 32.1. The number of carbonyl (C=O) groups excluding carboxylic acids is 1. The number of amides is 2. The largest absolute Gasteiger partial charge is 0.345 e. The lowest BCUT2D eigenvalue weighted by atomic mass is 10.0. The summed E-state index contributed by atoms with van der Waals surface area (Å²) in [5.41, 5.74) is 4.31. The highest BCUT2D eigenvalue weighted by Crippen LogP contribution is 2.41. The van der Waals surface area contributed by atoms with Crippen LogP contribution in [0, 0.1) is 0 Å². The maximum absolute atomic E-state index is 13.4. The quantitative estimate of drug-likeness (QED) is 0.460. The predicted molar refractivity (Wildman–Crippen MR) is 143 cm³/mol. The van der Waals surface area contributed by atoms with E-state index in [1.54, 1.807) is 11.3 Å². The van der Waals surface area contributed by atoms with Crippen LogP contribution in [0.1, 0.15) is 72.2 Å². The normalized spacial score (nSPS) is 19.0. The second-order valence-corrected chi connectivity index (χ2v) is 11.2. The molecule has 9 heteroatoms. The molecule has 0 bridgehead atoms. The zero-order valence-electron chi connectivity index (χ0n) is 21.4. The Morgan fingerprint density at radius 3 is 2.72 bits per heavy atom. The van der Waals surface area contributed by atoms with Gasteiger partial charge in [0.25, 0.3) is 0 Å². The van der Waals surface area contributed by atoms with Crippen LogP contribution in [0.4, 0.5) is 10.7 Å². The topological polar surface area (TPSA) is 86.3 Å². The van der Waals surface area contributed by atoms with Gasteiger partial charge in [-0.15, -0.1) is 11.3 Å². The number of carbonyl (C=O) groups is 1. The van der Waals surface area contributed by atoms with Gasteiger partial charge in [-0.3, -0.25) is 0 Å². The minimum absolute atomic E-state index is 0.0279. The van der Waals surface area contributed by atoms with Gasteiger partial charge in [-0.05, 0) is 58.3 Å². The summed E-state index contributed by atoms with van der Waals surface area (Å²) in [5.74, 6) is 1.23. The van der Waals surface area contributed by atoms with Gasteiger partial charge >= 0.3 is 6.03 Å². The van der Waals surface area contributed by atoms with Crippen molar-refractivity contribution in [2.75, 3.05) is 26.0 Å². The Kier molecular flexibility index (Phi) is 7.20. The van der Waals surface area contributed by atoms with E-state index in [4.69, 9.17) is 9.97 Å². The van der Waals surface area contributed by atoms with Gasteiger partial charge in [0.1, 0.15) is 5.01 Å². The van der Waals surface area contributed by atoms with Crippen LogP contribution in [0.25, 0.3) is 0 Å². The van der Waals surface area contributed by atoms with E-state index in [9.17, 15) is 4.79 Å². The van der Waals surface area contributed by atoms with Gasteiger partial charge in [0.05, 0.1) is 30.0 Å². The molecule has 1 aliphatic heterocycles. The number of thiazole rings is 1. The van der Waals surface area contributed by atoms with Crippen LogP contribution in [0.5, 0.6) is 0 Å². The van der Waals surface area contributed by atoms with Crippen molar-refractivity contribution in [3.05, 3.63) is 69.4 Å². The number of nitrogens with one attached hydrogen (secondary N) is 2. The van der Waals surface area contributed by atoms with Crippen molar-refractivity contribution < 1.29 is 4.79 Å². The Labute approximate surface area is 217 Å². The summed E-state index contributed by atoms with van der Waals surface area (Å²) in [5, 5.41) is 9.90. The van der Waals surface area contributed by atoms with E-state index < -0.39 is 0 Å². The number of anilines is 1. The molecule has 1 aromatic carbocycles. The molecule has 0 saturated heterocycles. The molecule has 2 aromatic heterocycles. The lowest BCUT2D eigenvalue weighted by molar-refractivity contribution is 0.161. The number of rotatable bonds is 8. The van der Waals surface area contributed by atoms with E-state index in [2.05, 4.69) is 51.9 Å². The summed E-state index contributed by atoms with van der Waals surface area (Å²) in [7, 11) is 4.04. The van der Waals surface area contributed by atoms with Crippen molar-refractivity contribution in [2.24, 2.45) is 0 Å². The highest BCUT2D eigenvalue weighted by Gasteiger charge is 2.30. The number of fused-ring (bicyclic) bond motifs is 1. The third-order valence-corrected chi connectivity index (χ3v) is 7.93. The van der Waals surface area contributed by atoms with Crippen LogP contribution in [0.15, 0.2) is 41.9 Å². The van der Waals surface area contributed by atoms with Crippen molar-refractivity contribution in [2.45, 2.75) is 63.7 Å². The Balaban J connectivity index is 1.27. The third kappa shape index (κ3) is 5.68. The summed E-state index contributed by atoms with van der Waals surface area (Å²) in [6, 6.07) is 10.1. The Morgan fingerprint density at radius 1 is 1.22 bits per heavy atom. The summed E-state index contributed by atoms with van der Waals surface area (Å²) < 4.78 is 0. The van der Waals surface area contributed by atoms with Gasteiger partial charge in [0, 0.05) is 30.1 Å². The smallest absolute Gasteiger partial charge is 0.318 e. The van der Waals surface area contributed by atoms with Gasteiger partial charge in [0.15, 0.2) is 0 Å². The van der Waals surface area contributed by atoms with Crippen LogP contribution in [-0.4, -0.2) is 57.5 Å². The van der Waals surface area contributed by atoms with Crippen LogP contribution in [0.3, 0.4) is 0 Å². The first-order valence-electron chi connectivity index (χ1n) is 12.7. The van der Waals surface area contributed by atoms with E-state index in [0.717, 1.165) is 34.8 Å². The lowest BCUT2D eigenvalue weighted by Crippen LogP contribution is -2.50. The maximum Gasteiger partial charge on any atom is 0.318 e. The molecule has 0 spiro atoms. The van der Waals surface area contributed by atoms with Crippen molar-refractivity contribution in [1.29, 1.82) is 0 Å². The molecule has 3 aromatic rings. The van der Waals surface area contributed by atoms with Crippen LogP contribution >= 0.6 is 11.3 Å². The minimum Gasteiger partial charge on any atom is -0.345 e.